The number of Topliss-reactive ketones (excluding diaryl/α,β-unsaturated/α-hetero) is 1. The molecule has 0 aliphatic carbocycles. The molecule has 0 aromatic heterocycles. The highest BCUT2D eigenvalue weighted by atomic mass is 16.5. The second-order valence-electron chi connectivity index (χ2n) is 5.74. The molecule has 2 aliphatic heterocycles. The number of ether oxygens (including phenoxy) is 3. The maximum absolute atomic E-state index is 12.5. The number of ketones is 1. The Hall–Kier alpha value is -3.01. The van der Waals surface area contributed by atoms with Crippen molar-refractivity contribution in [2.75, 3.05) is 7.11 Å². The van der Waals surface area contributed by atoms with Gasteiger partial charge in [-0.15, -0.1) is 0 Å². The van der Waals surface area contributed by atoms with Crippen molar-refractivity contribution >= 4 is 11.9 Å². The van der Waals surface area contributed by atoms with Gasteiger partial charge in [-0.05, 0) is 42.8 Å². The predicted molar refractivity (Wildman–Crippen MR) is 90.5 cm³/mol. The zero-order valence-corrected chi connectivity index (χ0v) is 13.4. The lowest BCUT2D eigenvalue weighted by Gasteiger charge is -2.22. The van der Waals surface area contributed by atoms with Crippen LogP contribution in [-0.4, -0.2) is 19.0 Å². The maximum atomic E-state index is 12.5. The van der Waals surface area contributed by atoms with E-state index >= 15 is 0 Å². The SMILES string of the molecule is COc1ccc2c(c1)O/C(=C/C1=Cc3ccccc3O[C@@H]1C)C2=O. The number of rotatable bonds is 2. The number of para-hydroxylation sites is 1. The Labute approximate surface area is 140 Å². The van der Waals surface area contributed by atoms with Crippen LogP contribution in [0.25, 0.3) is 6.08 Å². The monoisotopic (exact) mass is 320 g/mol. The Morgan fingerprint density at radius 3 is 2.79 bits per heavy atom. The van der Waals surface area contributed by atoms with Gasteiger partial charge >= 0.3 is 0 Å². The summed E-state index contributed by atoms with van der Waals surface area (Å²) in [7, 11) is 1.58. The first-order valence-electron chi connectivity index (χ1n) is 7.75. The van der Waals surface area contributed by atoms with Crippen molar-refractivity contribution in [2.24, 2.45) is 0 Å². The third-order valence-corrected chi connectivity index (χ3v) is 4.19. The molecule has 2 heterocycles. The minimum Gasteiger partial charge on any atom is -0.497 e. The van der Waals surface area contributed by atoms with Crippen molar-refractivity contribution in [3.05, 3.63) is 71.0 Å². The van der Waals surface area contributed by atoms with Crippen LogP contribution in [0.2, 0.25) is 0 Å². The van der Waals surface area contributed by atoms with Gasteiger partial charge in [0.2, 0.25) is 5.78 Å². The number of carbonyl (C=O) groups excluding carboxylic acids is 1. The number of methoxy groups -OCH3 is 1. The molecule has 24 heavy (non-hydrogen) atoms. The van der Waals surface area contributed by atoms with Crippen LogP contribution in [0.3, 0.4) is 0 Å². The molecule has 0 amide bonds. The van der Waals surface area contributed by atoms with Gasteiger partial charge in [0, 0.05) is 11.6 Å². The van der Waals surface area contributed by atoms with E-state index in [0.29, 0.717) is 22.8 Å². The molecule has 120 valence electrons. The van der Waals surface area contributed by atoms with E-state index in [1.54, 1.807) is 31.4 Å². The molecule has 0 unspecified atom stereocenters. The van der Waals surface area contributed by atoms with E-state index in [0.717, 1.165) is 16.9 Å². The van der Waals surface area contributed by atoms with E-state index in [4.69, 9.17) is 14.2 Å². The highest BCUT2D eigenvalue weighted by Crippen LogP contribution is 2.36. The van der Waals surface area contributed by atoms with Crippen LogP contribution < -0.4 is 14.2 Å². The lowest BCUT2D eigenvalue weighted by Crippen LogP contribution is -2.18. The average Bonchev–Trinajstić information content (AvgIpc) is 2.90. The van der Waals surface area contributed by atoms with E-state index in [-0.39, 0.29) is 11.9 Å². The molecule has 0 saturated carbocycles. The highest BCUT2D eigenvalue weighted by molar-refractivity contribution is 6.12. The van der Waals surface area contributed by atoms with Crippen molar-refractivity contribution in [2.45, 2.75) is 13.0 Å². The lowest BCUT2D eigenvalue weighted by atomic mass is 10.0. The molecule has 2 aliphatic rings. The number of allylic oxidation sites excluding steroid dienone is 1. The molecule has 0 N–H and O–H groups in total. The van der Waals surface area contributed by atoms with Gasteiger partial charge in [0.25, 0.3) is 0 Å². The van der Waals surface area contributed by atoms with Gasteiger partial charge in [0.15, 0.2) is 5.76 Å². The summed E-state index contributed by atoms with van der Waals surface area (Å²) in [5.41, 5.74) is 2.44. The smallest absolute Gasteiger partial charge is 0.231 e. The fourth-order valence-corrected chi connectivity index (χ4v) is 2.87. The number of carbonyl (C=O) groups is 1. The second-order valence-corrected chi connectivity index (χ2v) is 5.74. The van der Waals surface area contributed by atoms with Crippen molar-refractivity contribution < 1.29 is 19.0 Å². The summed E-state index contributed by atoms with van der Waals surface area (Å²) >= 11 is 0. The molecule has 0 bridgehead atoms. The summed E-state index contributed by atoms with van der Waals surface area (Å²) in [5.74, 6) is 2.21. The summed E-state index contributed by atoms with van der Waals surface area (Å²) in [5, 5.41) is 0. The van der Waals surface area contributed by atoms with Crippen molar-refractivity contribution in [3.63, 3.8) is 0 Å². The van der Waals surface area contributed by atoms with E-state index in [1.165, 1.54) is 0 Å². The quantitative estimate of drug-likeness (QED) is 0.784. The third kappa shape index (κ3) is 2.36. The molecule has 0 radical (unpaired) electrons. The van der Waals surface area contributed by atoms with Crippen molar-refractivity contribution in [1.82, 2.24) is 0 Å². The van der Waals surface area contributed by atoms with Crippen molar-refractivity contribution in [1.29, 1.82) is 0 Å². The van der Waals surface area contributed by atoms with E-state index in [2.05, 4.69) is 0 Å². The lowest BCUT2D eigenvalue weighted by molar-refractivity contribution is 0.101. The Bertz CT molecular complexity index is 892. The van der Waals surface area contributed by atoms with Gasteiger partial charge in [0.1, 0.15) is 23.4 Å². The zero-order valence-electron chi connectivity index (χ0n) is 13.4. The first kappa shape index (κ1) is 14.6. The predicted octanol–water partition coefficient (Wildman–Crippen LogP) is 4.02. The average molecular weight is 320 g/mol. The van der Waals surface area contributed by atoms with Crippen molar-refractivity contribution in [3.8, 4) is 17.2 Å². The minimum atomic E-state index is -0.151. The molecule has 4 nitrogen and oxygen atoms in total. The van der Waals surface area contributed by atoms with Gasteiger partial charge in [0.05, 0.1) is 12.7 Å². The van der Waals surface area contributed by atoms with Crippen LogP contribution in [0.1, 0.15) is 22.8 Å². The second kappa shape index (κ2) is 5.57. The summed E-state index contributed by atoms with van der Waals surface area (Å²) in [4.78, 5) is 12.5. The van der Waals surface area contributed by atoms with Crippen LogP contribution in [0.4, 0.5) is 0 Å². The maximum Gasteiger partial charge on any atom is 0.231 e. The Morgan fingerprint density at radius 1 is 1.12 bits per heavy atom. The topological polar surface area (TPSA) is 44.8 Å². The third-order valence-electron chi connectivity index (χ3n) is 4.19. The normalized spacial score (nSPS) is 19.9. The summed E-state index contributed by atoms with van der Waals surface area (Å²) in [6.07, 6.45) is 3.63. The first-order valence-corrected chi connectivity index (χ1v) is 7.75. The summed E-state index contributed by atoms with van der Waals surface area (Å²) in [6, 6.07) is 13.0. The molecular weight excluding hydrogens is 304 g/mol. The summed E-state index contributed by atoms with van der Waals surface area (Å²) in [6.45, 7) is 1.95. The number of benzene rings is 2. The number of fused-ring (bicyclic) bond motifs is 2. The number of hydrogen-bond acceptors (Lipinski definition) is 4. The van der Waals surface area contributed by atoms with E-state index in [1.807, 2.05) is 37.3 Å². The van der Waals surface area contributed by atoms with Gasteiger partial charge in [-0.25, -0.2) is 0 Å². The Kier molecular flexibility index (Phi) is 3.38. The first-order chi connectivity index (χ1) is 11.7. The van der Waals surface area contributed by atoms with Crippen LogP contribution in [0, 0.1) is 0 Å². The highest BCUT2D eigenvalue weighted by Gasteiger charge is 2.29. The molecule has 0 saturated heterocycles. The van der Waals surface area contributed by atoms with Crippen LogP contribution in [0.15, 0.2) is 59.9 Å². The minimum absolute atomic E-state index is 0.125. The fourth-order valence-electron chi connectivity index (χ4n) is 2.87. The molecule has 4 rings (SSSR count). The summed E-state index contributed by atoms with van der Waals surface area (Å²) < 4.78 is 16.8. The molecule has 2 aromatic rings. The van der Waals surface area contributed by atoms with Crippen LogP contribution >= 0.6 is 0 Å². The molecule has 1 atom stereocenters. The van der Waals surface area contributed by atoms with E-state index in [9.17, 15) is 4.79 Å². The van der Waals surface area contributed by atoms with Crippen LogP contribution in [0.5, 0.6) is 17.2 Å². The largest absolute Gasteiger partial charge is 0.497 e. The number of hydrogen-bond donors (Lipinski definition) is 0. The zero-order chi connectivity index (χ0) is 16.7. The molecular formula is C20H16O4. The molecule has 2 aromatic carbocycles. The molecule has 4 heteroatoms. The van der Waals surface area contributed by atoms with E-state index < -0.39 is 0 Å². The van der Waals surface area contributed by atoms with Gasteiger partial charge in [-0.2, -0.15) is 0 Å². The fraction of sp³-hybridized carbons (Fsp3) is 0.150. The van der Waals surface area contributed by atoms with Gasteiger partial charge in [-0.3, -0.25) is 4.79 Å². The standard InChI is InChI=1S/C20H16O4/c1-12-14(9-13-5-3-4-6-17(13)23-12)10-19-20(21)16-8-7-15(22-2)11-18(16)24-19/h3-12H,1-2H3/b19-10+/t12-/m1/s1. The Morgan fingerprint density at radius 2 is 1.96 bits per heavy atom. The molecule has 0 fully saturated rings. The van der Waals surface area contributed by atoms with Crippen LogP contribution in [-0.2, 0) is 0 Å². The van der Waals surface area contributed by atoms with Gasteiger partial charge in [-0.1, -0.05) is 18.2 Å². The van der Waals surface area contributed by atoms with Gasteiger partial charge < -0.3 is 14.2 Å². The Balaban J connectivity index is 1.70. The molecule has 0 spiro atoms.